The first-order valence-electron chi connectivity index (χ1n) is 2.69. The van der Waals surface area contributed by atoms with Gasteiger partial charge in [-0.2, -0.15) is 0 Å². The summed E-state index contributed by atoms with van der Waals surface area (Å²) in [6, 6.07) is 7.36. The van der Waals surface area contributed by atoms with Crippen LogP contribution < -0.4 is 5.73 Å². The van der Waals surface area contributed by atoms with E-state index in [-0.39, 0.29) is 0 Å². The molecule has 0 aromatic heterocycles. The van der Waals surface area contributed by atoms with Gasteiger partial charge >= 0.3 is 0 Å². The summed E-state index contributed by atoms with van der Waals surface area (Å²) in [7, 11) is 0. The van der Waals surface area contributed by atoms with Crippen LogP contribution in [0, 0.1) is 5.41 Å². The lowest BCUT2D eigenvalue weighted by Crippen LogP contribution is -1.80. The van der Waals surface area contributed by atoms with E-state index in [1.165, 1.54) is 0 Å². The minimum atomic E-state index is 0.780. The zero-order valence-corrected chi connectivity index (χ0v) is 6.44. The highest BCUT2D eigenvalue weighted by Gasteiger charge is 1.81. The lowest BCUT2D eigenvalue weighted by molar-refractivity contribution is 1.48. The molecule has 10 heavy (non-hydrogen) atoms. The highest BCUT2D eigenvalue weighted by molar-refractivity contribution is 7.80. The molecular weight excluding hydrogens is 144 g/mol. The Hall–Kier alpha value is -0.960. The first kappa shape index (κ1) is 9.04. The lowest BCUT2D eigenvalue weighted by atomic mass is 10.3. The van der Waals surface area contributed by atoms with Gasteiger partial charge in [0.1, 0.15) is 0 Å². The van der Waals surface area contributed by atoms with E-state index >= 15 is 0 Å². The van der Waals surface area contributed by atoms with Crippen molar-refractivity contribution in [3.05, 3.63) is 24.3 Å². The van der Waals surface area contributed by atoms with Crippen molar-refractivity contribution in [2.24, 2.45) is 0 Å². The summed E-state index contributed by atoms with van der Waals surface area (Å²) >= 11 is 4.08. The van der Waals surface area contributed by atoms with Gasteiger partial charge in [-0.25, -0.2) is 0 Å². The Morgan fingerprint density at radius 2 is 1.60 bits per heavy atom. The standard InChI is InChI=1S/C6H7NS.CH3N/c7-5-1-3-6(8)4-2-5;1-2/h1-4,8H,7H2;2H,1H2. The van der Waals surface area contributed by atoms with Crippen molar-refractivity contribution in [1.82, 2.24) is 0 Å². The number of hydrogen-bond acceptors (Lipinski definition) is 3. The van der Waals surface area contributed by atoms with Crippen LogP contribution in [0.5, 0.6) is 0 Å². The Balaban J connectivity index is 0.000000371. The van der Waals surface area contributed by atoms with Crippen molar-refractivity contribution in [2.75, 3.05) is 5.73 Å². The van der Waals surface area contributed by atoms with Crippen LogP contribution in [0.25, 0.3) is 0 Å². The second kappa shape index (κ2) is 4.88. The highest BCUT2D eigenvalue weighted by Crippen LogP contribution is 2.07. The minimum absolute atomic E-state index is 0.780. The number of anilines is 1. The van der Waals surface area contributed by atoms with Crippen molar-refractivity contribution in [2.45, 2.75) is 4.90 Å². The first-order chi connectivity index (χ1) is 4.79. The molecule has 0 fully saturated rings. The van der Waals surface area contributed by atoms with Crippen molar-refractivity contribution in [3.63, 3.8) is 0 Å². The summed E-state index contributed by atoms with van der Waals surface area (Å²) in [5.74, 6) is 0. The Morgan fingerprint density at radius 3 is 1.90 bits per heavy atom. The molecule has 2 nitrogen and oxygen atoms in total. The van der Waals surface area contributed by atoms with Gasteiger partial charge in [0, 0.05) is 10.6 Å². The summed E-state index contributed by atoms with van der Waals surface area (Å²) in [6.07, 6.45) is 0. The molecule has 1 aromatic carbocycles. The Bertz CT molecular complexity index is 162. The quantitative estimate of drug-likeness (QED) is 0.298. The Morgan fingerprint density at radius 1 is 1.20 bits per heavy atom. The fourth-order valence-corrected chi connectivity index (χ4v) is 0.623. The second-order valence-electron chi connectivity index (χ2n) is 1.59. The van der Waals surface area contributed by atoms with Gasteiger partial charge in [0.25, 0.3) is 0 Å². The molecule has 1 aromatic rings. The number of benzene rings is 1. The van der Waals surface area contributed by atoms with E-state index in [1.807, 2.05) is 24.3 Å². The normalized spacial score (nSPS) is 7.70. The predicted molar refractivity (Wildman–Crippen MR) is 47.9 cm³/mol. The number of nitrogens with two attached hydrogens (primary N) is 1. The molecule has 0 bridgehead atoms. The fraction of sp³-hybridized carbons (Fsp3) is 0. The molecule has 3 heteroatoms. The Labute approximate surface area is 66.0 Å². The lowest BCUT2D eigenvalue weighted by Gasteiger charge is -1.89. The van der Waals surface area contributed by atoms with E-state index in [0.29, 0.717) is 0 Å². The molecule has 0 aliphatic heterocycles. The van der Waals surface area contributed by atoms with E-state index in [1.54, 1.807) is 0 Å². The molecule has 0 spiro atoms. The topological polar surface area (TPSA) is 49.9 Å². The van der Waals surface area contributed by atoms with Crippen LogP contribution in [0.3, 0.4) is 0 Å². The van der Waals surface area contributed by atoms with Crippen LogP contribution in [-0.4, -0.2) is 6.72 Å². The highest BCUT2D eigenvalue weighted by atomic mass is 32.1. The fourth-order valence-electron chi connectivity index (χ4n) is 0.474. The minimum Gasteiger partial charge on any atom is -0.399 e. The van der Waals surface area contributed by atoms with Crippen LogP contribution >= 0.6 is 12.6 Å². The molecular formula is C7H10N2S. The van der Waals surface area contributed by atoms with Gasteiger partial charge in [-0.1, -0.05) is 0 Å². The van der Waals surface area contributed by atoms with E-state index in [9.17, 15) is 0 Å². The van der Waals surface area contributed by atoms with Crippen LogP contribution in [0.1, 0.15) is 0 Å². The third kappa shape index (κ3) is 3.14. The summed E-state index contributed by atoms with van der Waals surface area (Å²) < 4.78 is 0. The Kier molecular flexibility index (Phi) is 4.41. The third-order valence-corrected chi connectivity index (χ3v) is 1.19. The molecule has 0 radical (unpaired) electrons. The van der Waals surface area contributed by atoms with E-state index < -0.39 is 0 Å². The van der Waals surface area contributed by atoms with Gasteiger partial charge in [-0.3, -0.25) is 0 Å². The average molecular weight is 154 g/mol. The smallest absolute Gasteiger partial charge is 0.0314 e. The molecule has 0 amide bonds. The van der Waals surface area contributed by atoms with Crippen LogP contribution in [-0.2, 0) is 0 Å². The molecule has 0 aliphatic rings. The molecule has 0 unspecified atom stereocenters. The number of hydrogen-bond donors (Lipinski definition) is 3. The first-order valence-corrected chi connectivity index (χ1v) is 3.13. The zero-order chi connectivity index (χ0) is 7.98. The second-order valence-corrected chi connectivity index (χ2v) is 2.11. The van der Waals surface area contributed by atoms with Gasteiger partial charge < -0.3 is 11.1 Å². The van der Waals surface area contributed by atoms with E-state index in [4.69, 9.17) is 11.1 Å². The summed E-state index contributed by atoms with van der Waals surface area (Å²) in [5, 5.41) is 5.50. The number of thiol groups is 1. The van der Waals surface area contributed by atoms with Gasteiger partial charge in [0.05, 0.1) is 0 Å². The predicted octanol–water partition coefficient (Wildman–Crippen LogP) is 1.82. The van der Waals surface area contributed by atoms with Crippen molar-refractivity contribution in [1.29, 1.82) is 5.41 Å². The largest absolute Gasteiger partial charge is 0.399 e. The SMILES string of the molecule is C=N.Nc1ccc(S)cc1. The molecule has 0 aliphatic carbocycles. The van der Waals surface area contributed by atoms with Crippen LogP contribution in [0.4, 0.5) is 5.69 Å². The molecule has 54 valence electrons. The van der Waals surface area contributed by atoms with E-state index in [2.05, 4.69) is 19.3 Å². The molecule has 0 saturated heterocycles. The third-order valence-electron chi connectivity index (χ3n) is 0.893. The monoisotopic (exact) mass is 154 g/mol. The maximum atomic E-state index is 5.50. The maximum Gasteiger partial charge on any atom is 0.0314 e. The van der Waals surface area contributed by atoms with Crippen LogP contribution in [0.2, 0.25) is 0 Å². The maximum absolute atomic E-state index is 5.50. The van der Waals surface area contributed by atoms with Gasteiger partial charge in [0.15, 0.2) is 0 Å². The van der Waals surface area contributed by atoms with Gasteiger partial charge in [0.2, 0.25) is 0 Å². The van der Waals surface area contributed by atoms with E-state index in [0.717, 1.165) is 10.6 Å². The summed E-state index contributed by atoms with van der Waals surface area (Å²) in [4.78, 5) is 0.944. The number of rotatable bonds is 0. The van der Waals surface area contributed by atoms with Crippen LogP contribution in [0.15, 0.2) is 29.2 Å². The molecule has 3 N–H and O–H groups in total. The zero-order valence-electron chi connectivity index (χ0n) is 5.54. The summed E-state index contributed by atoms with van der Waals surface area (Å²) in [6.45, 7) is 2.50. The average Bonchev–Trinajstić information content (AvgIpc) is 2.00. The molecule has 1 rings (SSSR count). The van der Waals surface area contributed by atoms with Gasteiger partial charge in [-0.15, -0.1) is 12.6 Å². The van der Waals surface area contributed by atoms with Crippen molar-refractivity contribution in [3.8, 4) is 0 Å². The van der Waals surface area contributed by atoms with Crippen molar-refractivity contribution < 1.29 is 0 Å². The number of nitrogens with one attached hydrogen (secondary N) is 1. The molecule has 0 atom stereocenters. The number of nitrogen functional groups attached to an aromatic ring is 1. The molecule has 0 heterocycles. The van der Waals surface area contributed by atoms with Crippen molar-refractivity contribution >= 4 is 25.0 Å². The summed E-state index contributed by atoms with van der Waals surface area (Å²) in [5.41, 5.74) is 6.17. The van der Waals surface area contributed by atoms with Gasteiger partial charge in [-0.05, 0) is 31.0 Å². The molecule has 0 saturated carbocycles.